The van der Waals surface area contributed by atoms with Crippen molar-refractivity contribution in [3.8, 4) is 0 Å². The molecule has 0 bridgehead atoms. The van der Waals surface area contributed by atoms with Gasteiger partial charge in [-0.05, 0) is 17.2 Å². The summed E-state index contributed by atoms with van der Waals surface area (Å²) in [5.74, 6) is -2.20. The number of hydrogen-bond donors (Lipinski definition) is 1. The summed E-state index contributed by atoms with van der Waals surface area (Å²) in [6, 6.07) is 14.9. The Labute approximate surface area is 150 Å². The molecule has 0 aliphatic carbocycles. The molecule has 0 aliphatic heterocycles. The third-order valence-electron chi connectivity index (χ3n) is 4.16. The standard InChI is InChI=1S/C20H18N2O4/c1-26-20(25)19(24)15-8-5-9-16-18(15)14(10-17(21)23)12-22(16)11-13-6-3-2-4-7-13/h2-9,12H,10-11H2,1H3,(H2,21,23). The highest BCUT2D eigenvalue weighted by Crippen LogP contribution is 2.27. The maximum absolute atomic E-state index is 12.4. The number of nitrogens with two attached hydrogens (primary N) is 1. The van der Waals surface area contributed by atoms with Crippen LogP contribution in [0.5, 0.6) is 0 Å². The van der Waals surface area contributed by atoms with Gasteiger partial charge < -0.3 is 15.0 Å². The van der Waals surface area contributed by atoms with Crippen LogP contribution in [0.1, 0.15) is 21.5 Å². The van der Waals surface area contributed by atoms with E-state index in [0.717, 1.165) is 18.2 Å². The Hall–Kier alpha value is -3.41. The molecule has 2 N–H and O–H groups in total. The number of carbonyl (C=O) groups is 3. The number of ketones is 1. The fourth-order valence-corrected chi connectivity index (χ4v) is 3.06. The Morgan fingerprint density at radius 3 is 2.42 bits per heavy atom. The number of primary amides is 1. The van der Waals surface area contributed by atoms with E-state index >= 15 is 0 Å². The minimum Gasteiger partial charge on any atom is -0.463 e. The number of ether oxygens (including phenoxy) is 1. The molecule has 0 radical (unpaired) electrons. The molecule has 3 aromatic rings. The van der Waals surface area contributed by atoms with E-state index in [-0.39, 0.29) is 12.0 Å². The Kier molecular flexibility index (Phi) is 4.84. The number of Topliss-reactive ketones (excluding diaryl/α,β-unsaturated/α-hetero) is 1. The average Bonchev–Trinajstić information content (AvgIpc) is 2.98. The zero-order valence-corrected chi connectivity index (χ0v) is 14.3. The minimum atomic E-state index is -0.946. The van der Waals surface area contributed by atoms with E-state index in [1.165, 1.54) is 0 Å². The first kappa shape index (κ1) is 17.4. The Bertz CT molecular complexity index is 990. The van der Waals surface area contributed by atoms with Gasteiger partial charge in [0.05, 0.1) is 13.5 Å². The predicted octanol–water partition coefficient (Wildman–Crippen LogP) is 2.07. The van der Waals surface area contributed by atoms with Gasteiger partial charge in [-0.2, -0.15) is 0 Å². The summed E-state index contributed by atoms with van der Waals surface area (Å²) in [5, 5.41) is 0.553. The molecule has 6 nitrogen and oxygen atoms in total. The monoisotopic (exact) mass is 350 g/mol. The van der Waals surface area contributed by atoms with E-state index in [9.17, 15) is 14.4 Å². The van der Waals surface area contributed by atoms with Crippen molar-refractivity contribution in [1.29, 1.82) is 0 Å². The largest absolute Gasteiger partial charge is 0.463 e. The third-order valence-corrected chi connectivity index (χ3v) is 4.16. The van der Waals surface area contributed by atoms with E-state index in [1.807, 2.05) is 41.0 Å². The van der Waals surface area contributed by atoms with Gasteiger partial charge >= 0.3 is 5.97 Å². The van der Waals surface area contributed by atoms with E-state index in [4.69, 9.17) is 5.73 Å². The van der Waals surface area contributed by atoms with Crippen molar-refractivity contribution in [1.82, 2.24) is 4.57 Å². The fraction of sp³-hybridized carbons (Fsp3) is 0.150. The lowest BCUT2D eigenvalue weighted by Crippen LogP contribution is -2.17. The van der Waals surface area contributed by atoms with E-state index in [2.05, 4.69) is 4.74 Å². The van der Waals surface area contributed by atoms with Crippen LogP contribution in [0.4, 0.5) is 0 Å². The summed E-state index contributed by atoms with van der Waals surface area (Å²) < 4.78 is 6.49. The molecular weight excluding hydrogens is 332 g/mol. The van der Waals surface area contributed by atoms with Gasteiger partial charge in [-0.1, -0.05) is 42.5 Å². The van der Waals surface area contributed by atoms with E-state index in [0.29, 0.717) is 17.5 Å². The summed E-state index contributed by atoms with van der Waals surface area (Å²) in [5.41, 5.74) is 8.00. The van der Waals surface area contributed by atoms with Crippen molar-refractivity contribution in [2.24, 2.45) is 5.73 Å². The maximum atomic E-state index is 12.4. The molecule has 0 aliphatic rings. The number of nitrogens with zero attached hydrogens (tertiary/aromatic N) is 1. The summed E-state index contributed by atoms with van der Waals surface area (Å²) in [4.78, 5) is 35.6. The van der Waals surface area contributed by atoms with Gasteiger partial charge in [-0.25, -0.2) is 4.79 Å². The summed E-state index contributed by atoms with van der Waals surface area (Å²) in [7, 11) is 1.16. The quantitative estimate of drug-likeness (QED) is 0.418. The van der Waals surface area contributed by atoms with Gasteiger partial charge in [0.25, 0.3) is 5.78 Å². The van der Waals surface area contributed by atoms with Crippen molar-refractivity contribution >= 4 is 28.6 Å². The van der Waals surface area contributed by atoms with Crippen molar-refractivity contribution in [2.75, 3.05) is 7.11 Å². The highest BCUT2D eigenvalue weighted by atomic mass is 16.5. The number of esters is 1. The molecule has 0 saturated heterocycles. The third kappa shape index (κ3) is 3.35. The highest BCUT2D eigenvalue weighted by molar-refractivity contribution is 6.43. The number of methoxy groups -OCH3 is 1. The van der Waals surface area contributed by atoms with E-state index in [1.54, 1.807) is 18.3 Å². The topological polar surface area (TPSA) is 91.4 Å². The van der Waals surface area contributed by atoms with Gasteiger partial charge in [0, 0.05) is 29.2 Å². The minimum absolute atomic E-state index is 0.0241. The van der Waals surface area contributed by atoms with Crippen LogP contribution in [0.15, 0.2) is 54.7 Å². The first-order valence-electron chi connectivity index (χ1n) is 8.07. The number of fused-ring (bicyclic) bond motifs is 1. The molecule has 0 fully saturated rings. The first-order valence-corrected chi connectivity index (χ1v) is 8.07. The Balaban J connectivity index is 2.17. The highest BCUT2D eigenvalue weighted by Gasteiger charge is 2.23. The number of amides is 1. The molecule has 1 aromatic heterocycles. The van der Waals surface area contributed by atoms with E-state index < -0.39 is 17.7 Å². The molecule has 3 rings (SSSR count). The van der Waals surface area contributed by atoms with Gasteiger partial charge in [-0.15, -0.1) is 0 Å². The molecule has 0 unspecified atom stereocenters. The molecule has 2 aromatic carbocycles. The van der Waals surface area contributed by atoms with Gasteiger partial charge in [0.1, 0.15) is 0 Å². The van der Waals surface area contributed by atoms with Crippen LogP contribution in [0.3, 0.4) is 0 Å². The molecule has 0 atom stereocenters. The summed E-state index contributed by atoms with van der Waals surface area (Å²) >= 11 is 0. The lowest BCUT2D eigenvalue weighted by atomic mass is 10.0. The number of hydrogen-bond acceptors (Lipinski definition) is 4. The van der Waals surface area contributed by atoms with Crippen LogP contribution in [-0.4, -0.2) is 29.3 Å². The van der Waals surface area contributed by atoms with Crippen LogP contribution in [0, 0.1) is 0 Å². The number of benzene rings is 2. The summed E-state index contributed by atoms with van der Waals surface area (Å²) in [6.45, 7) is 0.561. The molecule has 1 heterocycles. The van der Waals surface area contributed by atoms with Crippen molar-refractivity contribution < 1.29 is 19.1 Å². The Morgan fingerprint density at radius 1 is 1.04 bits per heavy atom. The number of carbonyl (C=O) groups excluding carboxylic acids is 3. The van der Waals surface area contributed by atoms with Crippen molar-refractivity contribution in [3.05, 3.63) is 71.4 Å². The van der Waals surface area contributed by atoms with Gasteiger partial charge in [0.15, 0.2) is 0 Å². The van der Waals surface area contributed by atoms with Crippen molar-refractivity contribution in [2.45, 2.75) is 13.0 Å². The second-order valence-electron chi connectivity index (χ2n) is 5.93. The van der Waals surface area contributed by atoms with Gasteiger partial charge in [0.2, 0.25) is 5.91 Å². The fourth-order valence-electron chi connectivity index (χ4n) is 3.06. The van der Waals surface area contributed by atoms with Crippen molar-refractivity contribution in [3.63, 3.8) is 0 Å². The SMILES string of the molecule is COC(=O)C(=O)c1cccc2c1c(CC(N)=O)cn2Cc1ccccc1. The normalized spacial score (nSPS) is 10.7. The lowest BCUT2D eigenvalue weighted by Gasteiger charge is -2.07. The molecule has 6 heteroatoms. The van der Waals surface area contributed by atoms with Crippen LogP contribution in [0.2, 0.25) is 0 Å². The molecule has 0 spiro atoms. The molecule has 132 valence electrons. The summed E-state index contributed by atoms with van der Waals surface area (Å²) in [6.07, 6.45) is 1.78. The van der Waals surface area contributed by atoms with Crippen LogP contribution >= 0.6 is 0 Å². The maximum Gasteiger partial charge on any atom is 0.379 e. The molecule has 1 amide bonds. The first-order chi connectivity index (χ1) is 12.5. The number of aromatic nitrogens is 1. The zero-order chi connectivity index (χ0) is 18.7. The second-order valence-corrected chi connectivity index (χ2v) is 5.93. The lowest BCUT2D eigenvalue weighted by molar-refractivity contribution is -0.135. The number of rotatable bonds is 6. The molecular formula is C20H18N2O4. The molecule has 0 saturated carbocycles. The molecule has 26 heavy (non-hydrogen) atoms. The zero-order valence-electron chi connectivity index (χ0n) is 14.3. The Morgan fingerprint density at radius 2 is 1.77 bits per heavy atom. The van der Waals surface area contributed by atoms with Gasteiger partial charge in [-0.3, -0.25) is 9.59 Å². The van der Waals surface area contributed by atoms with Crippen LogP contribution in [-0.2, 0) is 27.3 Å². The van der Waals surface area contributed by atoms with Crippen LogP contribution < -0.4 is 5.73 Å². The van der Waals surface area contributed by atoms with Crippen LogP contribution in [0.25, 0.3) is 10.9 Å². The predicted molar refractivity (Wildman–Crippen MR) is 96.7 cm³/mol. The smallest absolute Gasteiger partial charge is 0.379 e. The average molecular weight is 350 g/mol. The second kappa shape index (κ2) is 7.23.